The highest BCUT2D eigenvalue weighted by Crippen LogP contribution is 2.24. The summed E-state index contributed by atoms with van der Waals surface area (Å²) in [5.41, 5.74) is 3.35. The van der Waals surface area contributed by atoms with E-state index in [1.165, 1.54) is 11.8 Å². The lowest BCUT2D eigenvalue weighted by Gasteiger charge is -2.09. The maximum absolute atomic E-state index is 11.9. The van der Waals surface area contributed by atoms with Gasteiger partial charge in [-0.05, 0) is 37.3 Å². The first-order valence-corrected chi connectivity index (χ1v) is 7.56. The van der Waals surface area contributed by atoms with E-state index in [1.807, 2.05) is 31.2 Å². The lowest BCUT2D eigenvalue weighted by Crippen LogP contribution is -2.26. The van der Waals surface area contributed by atoms with E-state index in [9.17, 15) is 4.79 Å². The highest BCUT2D eigenvalue weighted by atomic mass is 35.5. The Bertz CT molecular complexity index is 617. The van der Waals surface area contributed by atoms with Crippen molar-refractivity contribution >= 4 is 35.5 Å². The van der Waals surface area contributed by atoms with Gasteiger partial charge in [-0.1, -0.05) is 17.7 Å². The molecule has 0 aliphatic rings. The van der Waals surface area contributed by atoms with Gasteiger partial charge in [0.05, 0.1) is 11.5 Å². The second kappa shape index (κ2) is 7.81. The number of thioether (sulfide) groups is 1. The number of pyridine rings is 1. The van der Waals surface area contributed by atoms with Crippen molar-refractivity contribution in [1.29, 1.82) is 0 Å². The molecule has 1 unspecified atom stereocenters. The maximum atomic E-state index is 11.9. The molecule has 0 spiro atoms. The van der Waals surface area contributed by atoms with Crippen molar-refractivity contribution in [2.24, 2.45) is 5.10 Å². The topological polar surface area (TPSA) is 54.4 Å². The number of benzene rings is 1. The molecule has 0 aliphatic carbocycles. The number of hydrazone groups is 1. The smallest absolute Gasteiger partial charge is 0.253 e. The monoisotopic (exact) mass is 319 g/mol. The summed E-state index contributed by atoms with van der Waals surface area (Å²) < 4.78 is 0. The van der Waals surface area contributed by atoms with E-state index in [2.05, 4.69) is 15.5 Å². The number of nitrogens with zero attached hydrogens (tertiary/aromatic N) is 2. The molecule has 0 fully saturated rings. The minimum absolute atomic E-state index is 0.157. The van der Waals surface area contributed by atoms with Crippen LogP contribution in [0.3, 0.4) is 0 Å². The molecule has 0 saturated heterocycles. The van der Waals surface area contributed by atoms with E-state index in [0.29, 0.717) is 5.02 Å². The lowest BCUT2D eigenvalue weighted by atomic mass is 10.3. The predicted molar refractivity (Wildman–Crippen MR) is 86.7 cm³/mol. The number of nitrogens with one attached hydrogen (secondary N) is 1. The zero-order valence-electron chi connectivity index (χ0n) is 11.4. The van der Waals surface area contributed by atoms with Gasteiger partial charge < -0.3 is 0 Å². The SMILES string of the molecule is CC(Sc1ccc(Cl)cc1)C(=O)N/N=C/c1cccnc1. The van der Waals surface area contributed by atoms with Crippen molar-refractivity contribution in [3.63, 3.8) is 0 Å². The Labute approximate surface area is 132 Å². The van der Waals surface area contributed by atoms with Crippen LogP contribution in [0.4, 0.5) is 0 Å². The van der Waals surface area contributed by atoms with Gasteiger partial charge in [-0.3, -0.25) is 9.78 Å². The Morgan fingerprint density at radius 2 is 2.14 bits per heavy atom. The predicted octanol–water partition coefficient (Wildman–Crippen LogP) is 3.37. The van der Waals surface area contributed by atoms with E-state index in [0.717, 1.165) is 10.5 Å². The van der Waals surface area contributed by atoms with Crippen molar-refractivity contribution in [2.45, 2.75) is 17.1 Å². The van der Waals surface area contributed by atoms with Crippen LogP contribution in [0.2, 0.25) is 5.02 Å². The summed E-state index contributed by atoms with van der Waals surface area (Å²) in [5, 5.41) is 4.35. The summed E-state index contributed by atoms with van der Waals surface area (Å²) >= 11 is 7.27. The van der Waals surface area contributed by atoms with Crippen LogP contribution in [-0.4, -0.2) is 22.4 Å². The molecule has 1 aromatic heterocycles. The number of carbonyl (C=O) groups excluding carboxylic acids is 1. The molecule has 108 valence electrons. The van der Waals surface area contributed by atoms with E-state index in [1.54, 1.807) is 30.7 Å². The fraction of sp³-hybridized carbons (Fsp3) is 0.133. The first kappa shape index (κ1) is 15.5. The summed E-state index contributed by atoms with van der Waals surface area (Å²) in [6.45, 7) is 1.83. The summed E-state index contributed by atoms with van der Waals surface area (Å²) in [5.74, 6) is -0.157. The van der Waals surface area contributed by atoms with Crippen molar-refractivity contribution in [3.05, 3.63) is 59.4 Å². The van der Waals surface area contributed by atoms with Crippen LogP contribution in [0.25, 0.3) is 0 Å². The van der Waals surface area contributed by atoms with Gasteiger partial charge in [0, 0.05) is 27.9 Å². The molecule has 0 aliphatic heterocycles. The number of amides is 1. The maximum Gasteiger partial charge on any atom is 0.253 e. The van der Waals surface area contributed by atoms with Gasteiger partial charge in [-0.2, -0.15) is 5.10 Å². The summed E-state index contributed by atoms with van der Waals surface area (Å²) in [7, 11) is 0. The fourth-order valence-electron chi connectivity index (χ4n) is 1.48. The third-order valence-corrected chi connectivity index (χ3v) is 3.93. The van der Waals surface area contributed by atoms with Crippen molar-refractivity contribution < 1.29 is 4.79 Å². The number of halogens is 1. The van der Waals surface area contributed by atoms with E-state index >= 15 is 0 Å². The molecule has 2 aromatic rings. The highest BCUT2D eigenvalue weighted by molar-refractivity contribution is 8.00. The Balaban J connectivity index is 1.85. The van der Waals surface area contributed by atoms with E-state index in [4.69, 9.17) is 11.6 Å². The molecule has 6 heteroatoms. The van der Waals surface area contributed by atoms with Crippen LogP contribution in [0.15, 0.2) is 58.8 Å². The number of rotatable bonds is 5. The Kier molecular flexibility index (Phi) is 5.78. The van der Waals surface area contributed by atoms with E-state index < -0.39 is 0 Å². The molecule has 2 rings (SSSR count). The Morgan fingerprint density at radius 1 is 1.38 bits per heavy atom. The molecule has 1 heterocycles. The van der Waals surface area contributed by atoms with Gasteiger partial charge in [0.25, 0.3) is 5.91 Å². The van der Waals surface area contributed by atoms with Gasteiger partial charge >= 0.3 is 0 Å². The van der Waals surface area contributed by atoms with Crippen LogP contribution in [0.5, 0.6) is 0 Å². The molecule has 4 nitrogen and oxygen atoms in total. The number of hydrogen-bond acceptors (Lipinski definition) is 4. The molecule has 1 aromatic carbocycles. The third kappa shape index (κ3) is 5.21. The molecule has 1 N–H and O–H groups in total. The number of carbonyl (C=O) groups is 1. The van der Waals surface area contributed by atoms with Crippen LogP contribution in [0.1, 0.15) is 12.5 Å². The average Bonchev–Trinajstić information content (AvgIpc) is 2.50. The molecule has 0 saturated carbocycles. The molecule has 1 amide bonds. The zero-order valence-corrected chi connectivity index (χ0v) is 12.9. The summed E-state index contributed by atoms with van der Waals surface area (Å²) in [4.78, 5) is 16.9. The van der Waals surface area contributed by atoms with E-state index in [-0.39, 0.29) is 11.2 Å². The number of hydrogen-bond donors (Lipinski definition) is 1. The molecule has 0 radical (unpaired) electrons. The minimum Gasteiger partial charge on any atom is -0.272 e. The van der Waals surface area contributed by atoms with Crippen molar-refractivity contribution in [1.82, 2.24) is 10.4 Å². The zero-order chi connectivity index (χ0) is 15.1. The first-order chi connectivity index (χ1) is 10.1. The lowest BCUT2D eigenvalue weighted by molar-refractivity contribution is -0.120. The Hall–Kier alpha value is -1.85. The summed E-state index contributed by atoms with van der Waals surface area (Å²) in [6, 6.07) is 11.0. The fourth-order valence-corrected chi connectivity index (χ4v) is 2.47. The average molecular weight is 320 g/mol. The molecule has 0 bridgehead atoms. The van der Waals surface area contributed by atoms with Gasteiger partial charge in [0.2, 0.25) is 0 Å². The van der Waals surface area contributed by atoms with Crippen LogP contribution < -0.4 is 5.43 Å². The Morgan fingerprint density at radius 3 is 2.81 bits per heavy atom. The second-order valence-electron chi connectivity index (χ2n) is 4.23. The van der Waals surface area contributed by atoms with Gasteiger partial charge in [0.15, 0.2) is 0 Å². The second-order valence-corrected chi connectivity index (χ2v) is 6.09. The van der Waals surface area contributed by atoms with Crippen LogP contribution in [-0.2, 0) is 4.79 Å². The molecular weight excluding hydrogens is 306 g/mol. The largest absolute Gasteiger partial charge is 0.272 e. The van der Waals surface area contributed by atoms with Crippen LogP contribution in [0, 0.1) is 0 Å². The summed E-state index contributed by atoms with van der Waals surface area (Å²) in [6.07, 6.45) is 4.91. The van der Waals surface area contributed by atoms with Crippen molar-refractivity contribution in [3.8, 4) is 0 Å². The highest BCUT2D eigenvalue weighted by Gasteiger charge is 2.13. The normalized spacial score (nSPS) is 12.3. The van der Waals surface area contributed by atoms with Crippen molar-refractivity contribution in [2.75, 3.05) is 0 Å². The van der Waals surface area contributed by atoms with Gasteiger partial charge in [-0.25, -0.2) is 5.43 Å². The van der Waals surface area contributed by atoms with Gasteiger partial charge in [0.1, 0.15) is 0 Å². The molecule has 21 heavy (non-hydrogen) atoms. The third-order valence-electron chi connectivity index (χ3n) is 2.57. The first-order valence-electron chi connectivity index (χ1n) is 6.30. The quantitative estimate of drug-likeness (QED) is 0.522. The molecular formula is C15H14ClN3OS. The van der Waals surface area contributed by atoms with Gasteiger partial charge in [-0.15, -0.1) is 11.8 Å². The standard InChI is InChI=1S/C15H14ClN3OS/c1-11(21-14-6-4-13(16)5-7-14)15(20)19-18-10-12-3-2-8-17-9-12/h2-11H,1H3,(H,19,20)/b18-10+. The molecule has 1 atom stereocenters. The minimum atomic E-state index is -0.253. The number of aromatic nitrogens is 1. The van der Waals surface area contributed by atoms with Crippen LogP contribution >= 0.6 is 23.4 Å².